The number of carbonyl (C=O) groups is 2. The number of methoxy groups -OCH3 is 3. The Labute approximate surface area is 186 Å². The summed E-state index contributed by atoms with van der Waals surface area (Å²) in [6.45, 7) is 0.121. The van der Waals surface area contributed by atoms with E-state index in [1.54, 1.807) is 75.9 Å². The number of ether oxygens (including phenoxy) is 3. The third kappa shape index (κ3) is 3.62. The fourth-order valence-electron chi connectivity index (χ4n) is 3.91. The third-order valence-corrected chi connectivity index (χ3v) is 5.63. The third-order valence-electron chi connectivity index (χ3n) is 5.63. The van der Waals surface area contributed by atoms with Crippen LogP contribution in [0.25, 0.3) is 0 Å². The van der Waals surface area contributed by atoms with E-state index in [9.17, 15) is 9.59 Å². The van der Waals surface area contributed by atoms with Gasteiger partial charge in [0.1, 0.15) is 17.2 Å². The van der Waals surface area contributed by atoms with Crippen molar-refractivity contribution in [3.8, 4) is 17.2 Å². The predicted molar refractivity (Wildman–Crippen MR) is 119 cm³/mol. The minimum absolute atomic E-state index is 0.121. The second kappa shape index (κ2) is 8.63. The molecule has 0 atom stereocenters. The van der Waals surface area contributed by atoms with Gasteiger partial charge in [-0.1, -0.05) is 36.4 Å². The normalized spacial score (nSPS) is 14.8. The molecule has 7 nitrogen and oxygen atoms in total. The van der Waals surface area contributed by atoms with E-state index in [1.165, 1.54) is 4.90 Å². The van der Waals surface area contributed by atoms with E-state index < -0.39 is 11.6 Å². The van der Waals surface area contributed by atoms with E-state index in [1.807, 2.05) is 18.2 Å². The molecule has 164 valence electrons. The van der Waals surface area contributed by atoms with Gasteiger partial charge in [-0.05, 0) is 53.1 Å². The monoisotopic (exact) mass is 432 g/mol. The number of nitrogens with zero attached hydrogens (tertiary/aromatic N) is 1. The first kappa shape index (κ1) is 21.2. The van der Waals surface area contributed by atoms with Crippen molar-refractivity contribution in [2.75, 3.05) is 21.3 Å². The van der Waals surface area contributed by atoms with Gasteiger partial charge in [0, 0.05) is 0 Å². The van der Waals surface area contributed by atoms with Crippen LogP contribution in [0.5, 0.6) is 17.2 Å². The molecule has 1 aliphatic heterocycles. The molecule has 0 bridgehead atoms. The van der Waals surface area contributed by atoms with Crippen LogP contribution < -0.4 is 19.5 Å². The summed E-state index contributed by atoms with van der Waals surface area (Å²) >= 11 is 0. The van der Waals surface area contributed by atoms with Gasteiger partial charge in [0.25, 0.3) is 5.91 Å². The smallest absolute Gasteiger partial charge is 0.325 e. The molecule has 1 heterocycles. The standard InChI is InChI=1S/C25H24N2O5/c1-30-20-11-7-18(8-12-20)25(19-9-13-21(31-2)14-10-19)23(28)27(24(29)26-25)16-17-5-4-6-22(15-17)32-3/h4-15H,16H2,1-3H3,(H,26,29). The highest BCUT2D eigenvalue weighted by molar-refractivity contribution is 6.09. The molecule has 0 radical (unpaired) electrons. The quantitative estimate of drug-likeness (QED) is 0.576. The number of carbonyl (C=O) groups excluding carboxylic acids is 2. The van der Waals surface area contributed by atoms with Crippen molar-refractivity contribution in [3.05, 3.63) is 89.5 Å². The molecule has 3 aromatic carbocycles. The Balaban J connectivity index is 1.78. The van der Waals surface area contributed by atoms with E-state index in [-0.39, 0.29) is 12.5 Å². The summed E-state index contributed by atoms with van der Waals surface area (Å²) < 4.78 is 15.8. The topological polar surface area (TPSA) is 77.1 Å². The molecule has 32 heavy (non-hydrogen) atoms. The van der Waals surface area contributed by atoms with Crippen molar-refractivity contribution >= 4 is 11.9 Å². The van der Waals surface area contributed by atoms with E-state index in [2.05, 4.69) is 5.32 Å². The van der Waals surface area contributed by atoms with Crippen LogP contribution in [0.15, 0.2) is 72.8 Å². The van der Waals surface area contributed by atoms with Crippen molar-refractivity contribution in [2.24, 2.45) is 0 Å². The molecule has 0 aliphatic carbocycles. The molecule has 1 saturated heterocycles. The minimum atomic E-state index is -1.37. The number of nitrogens with one attached hydrogen (secondary N) is 1. The van der Waals surface area contributed by atoms with Crippen molar-refractivity contribution < 1.29 is 23.8 Å². The molecule has 7 heteroatoms. The molecule has 1 fully saturated rings. The van der Waals surface area contributed by atoms with Crippen LogP contribution in [0.3, 0.4) is 0 Å². The van der Waals surface area contributed by atoms with Crippen LogP contribution in [-0.2, 0) is 16.9 Å². The van der Waals surface area contributed by atoms with Gasteiger partial charge >= 0.3 is 6.03 Å². The zero-order valence-electron chi connectivity index (χ0n) is 18.1. The molecule has 0 spiro atoms. The van der Waals surface area contributed by atoms with Gasteiger partial charge in [-0.2, -0.15) is 0 Å². The first-order valence-corrected chi connectivity index (χ1v) is 10.1. The summed E-state index contributed by atoms with van der Waals surface area (Å²) in [5.41, 5.74) is 0.687. The van der Waals surface area contributed by atoms with Crippen LogP contribution in [-0.4, -0.2) is 38.2 Å². The maximum absolute atomic E-state index is 13.9. The Bertz CT molecular complexity index is 1080. The van der Waals surface area contributed by atoms with Crippen LogP contribution >= 0.6 is 0 Å². The average molecular weight is 432 g/mol. The summed E-state index contributed by atoms with van der Waals surface area (Å²) in [6.07, 6.45) is 0. The molecular formula is C25H24N2O5. The van der Waals surface area contributed by atoms with Crippen molar-refractivity contribution in [3.63, 3.8) is 0 Å². The maximum atomic E-state index is 13.9. The first-order chi connectivity index (χ1) is 15.5. The molecule has 1 N–H and O–H groups in total. The van der Waals surface area contributed by atoms with Crippen molar-refractivity contribution in [1.82, 2.24) is 10.2 Å². The number of rotatable bonds is 7. The fourth-order valence-corrected chi connectivity index (χ4v) is 3.91. The molecule has 0 saturated carbocycles. The summed E-state index contributed by atoms with van der Waals surface area (Å²) in [6, 6.07) is 21.1. The Kier molecular flexibility index (Phi) is 5.73. The fraction of sp³-hybridized carbons (Fsp3) is 0.200. The summed E-state index contributed by atoms with van der Waals surface area (Å²) in [5.74, 6) is 1.61. The number of hydrogen-bond acceptors (Lipinski definition) is 5. The van der Waals surface area contributed by atoms with Gasteiger partial charge in [-0.25, -0.2) is 4.79 Å². The lowest BCUT2D eigenvalue weighted by Crippen LogP contribution is -2.45. The molecule has 1 aliphatic rings. The van der Waals surface area contributed by atoms with Crippen LogP contribution in [0.1, 0.15) is 16.7 Å². The van der Waals surface area contributed by atoms with Crippen molar-refractivity contribution in [2.45, 2.75) is 12.1 Å². The lowest BCUT2D eigenvalue weighted by molar-refractivity contribution is -0.130. The molecule has 0 unspecified atom stereocenters. The van der Waals surface area contributed by atoms with E-state index in [0.29, 0.717) is 28.4 Å². The highest BCUT2D eigenvalue weighted by Crippen LogP contribution is 2.38. The SMILES string of the molecule is COc1ccc(C2(c3ccc(OC)cc3)NC(=O)N(Cc3cccc(OC)c3)C2=O)cc1. The van der Waals surface area contributed by atoms with Crippen LogP contribution in [0.2, 0.25) is 0 Å². The average Bonchev–Trinajstić information content (AvgIpc) is 3.10. The zero-order valence-corrected chi connectivity index (χ0v) is 18.1. The second-order valence-electron chi connectivity index (χ2n) is 7.38. The summed E-state index contributed by atoms with van der Waals surface area (Å²) in [4.78, 5) is 28.1. The van der Waals surface area contributed by atoms with E-state index >= 15 is 0 Å². The van der Waals surface area contributed by atoms with Gasteiger partial charge in [0.05, 0.1) is 27.9 Å². The van der Waals surface area contributed by atoms with Gasteiger partial charge in [-0.15, -0.1) is 0 Å². The Morgan fingerprint density at radius 2 is 1.28 bits per heavy atom. The Hall–Kier alpha value is -4.00. The zero-order chi connectivity index (χ0) is 22.7. The molecule has 3 aromatic rings. The Morgan fingerprint density at radius 1 is 0.750 bits per heavy atom. The number of urea groups is 1. The first-order valence-electron chi connectivity index (χ1n) is 10.1. The van der Waals surface area contributed by atoms with Gasteiger partial charge in [-0.3, -0.25) is 9.69 Å². The van der Waals surface area contributed by atoms with E-state index in [0.717, 1.165) is 5.56 Å². The molecule has 3 amide bonds. The highest BCUT2D eigenvalue weighted by atomic mass is 16.5. The second-order valence-corrected chi connectivity index (χ2v) is 7.38. The molecular weight excluding hydrogens is 408 g/mol. The number of imide groups is 1. The Morgan fingerprint density at radius 3 is 1.78 bits per heavy atom. The maximum Gasteiger partial charge on any atom is 0.325 e. The number of amides is 3. The summed E-state index contributed by atoms with van der Waals surface area (Å²) in [7, 11) is 4.73. The van der Waals surface area contributed by atoms with Gasteiger partial charge in [0.15, 0.2) is 5.54 Å². The summed E-state index contributed by atoms with van der Waals surface area (Å²) in [5, 5.41) is 2.95. The van der Waals surface area contributed by atoms with Crippen molar-refractivity contribution in [1.29, 1.82) is 0 Å². The lowest BCUT2D eigenvalue weighted by Gasteiger charge is -2.28. The van der Waals surface area contributed by atoms with Gasteiger partial charge < -0.3 is 19.5 Å². The molecule has 0 aromatic heterocycles. The van der Waals surface area contributed by atoms with Crippen LogP contribution in [0.4, 0.5) is 4.79 Å². The lowest BCUT2D eigenvalue weighted by atomic mass is 9.82. The van der Waals surface area contributed by atoms with Gasteiger partial charge in [0.2, 0.25) is 0 Å². The highest BCUT2D eigenvalue weighted by Gasteiger charge is 2.53. The largest absolute Gasteiger partial charge is 0.497 e. The number of benzene rings is 3. The minimum Gasteiger partial charge on any atom is -0.497 e. The molecule has 4 rings (SSSR count). The predicted octanol–water partition coefficient (Wildman–Crippen LogP) is 3.71. The number of hydrogen-bond donors (Lipinski definition) is 1. The van der Waals surface area contributed by atoms with E-state index in [4.69, 9.17) is 14.2 Å². The van der Waals surface area contributed by atoms with Crippen LogP contribution in [0, 0.1) is 0 Å².